The van der Waals surface area contributed by atoms with E-state index in [0.29, 0.717) is 11.5 Å². The van der Waals surface area contributed by atoms with Crippen LogP contribution in [0.1, 0.15) is 0 Å². The number of carbonyl (C=O) groups is 1. The number of hydrogen-bond donors (Lipinski definition) is 7. The van der Waals surface area contributed by atoms with Crippen LogP contribution in [0.2, 0.25) is 0 Å². The first-order chi connectivity index (χ1) is 11.5. The normalized spacial score (nSPS) is 15.0. The van der Waals surface area contributed by atoms with Gasteiger partial charge in [-0.1, -0.05) is 23.7 Å². The third-order valence-electron chi connectivity index (χ3n) is 3.23. The summed E-state index contributed by atoms with van der Waals surface area (Å²) in [5, 5.41) is 23.4. The number of anilines is 2. The molecule has 0 unspecified atom stereocenters. The van der Waals surface area contributed by atoms with Crippen molar-refractivity contribution in [1.29, 1.82) is 10.8 Å². The van der Waals surface area contributed by atoms with E-state index in [-0.39, 0.29) is 10.9 Å². The smallest absolute Gasteiger partial charge is 0.274 e. The molecule has 1 aromatic carbocycles. The van der Waals surface area contributed by atoms with E-state index in [0.717, 1.165) is 29.3 Å². The lowest BCUT2D eigenvalue weighted by Crippen LogP contribution is -2.36. The van der Waals surface area contributed by atoms with E-state index in [1.807, 2.05) is 24.3 Å². The zero-order valence-corrected chi connectivity index (χ0v) is 13.1. The first-order valence-electron chi connectivity index (χ1n) is 6.96. The van der Waals surface area contributed by atoms with Crippen LogP contribution in [0, 0.1) is 10.8 Å². The average molecular weight is 344 g/mol. The fourth-order valence-electron chi connectivity index (χ4n) is 2.11. The standard InChI is InChI=1S/C15H14ClN7O/c16-12(18)6-5-8(17)15(24)21-13-7-11(22-23-13)14-19-9-3-1-2-4-10(9)20-14/h1-7,17-20,22-23H,(H,21,24)/b6-5-,17-8?,18-12?. The van der Waals surface area contributed by atoms with Gasteiger partial charge in [-0.25, -0.2) is 0 Å². The molecule has 0 atom stereocenters. The van der Waals surface area contributed by atoms with Crippen LogP contribution in [0.5, 0.6) is 0 Å². The first-order valence-corrected chi connectivity index (χ1v) is 7.34. The molecule has 0 saturated heterocycles. The zero-order chi connectivity index (χ0) is 17.1. The fourth-order valence-corrected chi connectivity index (χ4v) is 2.17. The van der Waals surface area contributed by atoms with E-state index < -0.39 is 5.91 Å². The molecule has 0 fully saturated rings. The highest BCUT2D eigenvalue weighted by Gasteiger charge is 2.20. The second-order valence-electron chi connectivity index (χ2n) is 4.94. The molecule has 0 aromatic heterocycles. The van der Waals surface area contributed by atoms with Gasteiger partial charge in [0.05, 0.1) is 17.1 Å². The number of halogens is 1. The molecule has 0 bridgehead atoms. The van der Waals surface area contributed by atoms with E-state index in [2.05, 4.69) is 26.8 Å². The molecule has 0 aliphatic carbocycles. The maximum atomic E-state index is 11.9. The molecule has 9 heteroatoms. The minimum Gasteiger partial charge on any atom is -0.338 e. The van der Waals surface area contributed by atoms with Gasteiger partial charge in [0, 0.05) is 6.08 Å². The van der Waals surface area contributed by atoms with Crippen molar-refractivity contribution in [2.75, 3.05) is 10.6 Å². The van der Waals surface area contributed by atoms with Crippen LogP contribution in [-0.4, -0.2) is 16.8 Å². The SMILES string of the molecule is N=C(Cl)/C=C\C(=N)C(=O)NC1=CC(=C2Nc3ccccc3N2)NN1. The number of rotatable bonds is 4. The van der Waals surface area contributed by atoms with Crippen LogP contribution < -0.4 is 26.8 Å². The summed E-state index contributed by atoms with van der Waals surface area (Å²) in [7, 11) is 0. The Morgan fingerprint density at radius 3 is 2.38 bits per heavy atom. The molecule has 2 heterocycles. The van der Waals surface area contributed by atoms with Gasteiger partial charge < -0.3 is 16.0 Å². The summed E-state index contributed by atoms with van der Waals surface area (Å²) in [6.45, 7) is 0. The quantitative estimate of drug-likeness (QED) is 0.418. The van der Waals surface area contributed by atoms with Crippen molar-refractivity contribution in [3.8, 4) is 0 Å². The lowest BCUT2D eigenvalue weighted by molar-refractivity contribution is -0.114. The van der Waals surface area contributed by atoms with E-state index in [1.54, 1.807) is 6.08 Å². The Kier molecular flexibility index (Phi) is 4.21. The third kappa shape index (κ3) is 3.39. The lowest BCUT2D eigenvalue weighted by Gasteiger charge is -2.06. The van der Waals surface area contributed by atoms with Crippen molar-refractivity contribution in [2.24, 2.45) is 0 Å². The van der Waals surface area contributed by atoms with E-state index in [9.17, 15) is 4.79 Å². The number of amides is 1. The summed E-state index contributed by atoms with van der Waals surface area (Å²) in [6, 6.07) is 7.77. The number of hydrazine groups is 1. The van der Waals surface area contributed by atoms with Gasteiger partial charge in [-0.15, -0.1) is 0 Å². The minimum absolute atomic E-state index is 0.252. The average Bonchev–Trinajstić information content (AvgIpc) is 3.18. The van der Waals surface area contributed by atoms with E-state index >= 15 is 0 Å². The molecular weight excluding hydrogens is 330 g/mol. The number of hydrogen-bond acceptors (Lipinski definition) is 7. The molecule has 7 N–H and O–H groups in total. The van der Waals surface area contributed by atoms with Crippen molar-refractivity contribution in [2.45, 2.75) is 0 Å². The number of nitrogens with one attached hydrogen (secondary N) is 7. The molecule has 1 aromatic rings. The van der Waals surface area contributed by atoms with Crippen molar-refractivity contribution < 1.29 is 4.79 Å². The monoisotopic (exact) mass is 343 g/mol. The predicted molar refractivity (Wildman–Crippen MR) is 93.7 cm³/mol. The summed E-state index contributed by atoms with van der Waals surface area (Å²) in [5.74, 6) is 0.534. The first kappa shape index (κ1) is 15.6. The Morgan fingerprint density at radius 2 is 1.75 bits per heavy atom. The number of benzene rings is 1. The van der Waals surface area contributed by atoms with Crippen molar-refractivity contribution in [3.05, 3.63) is 59.8 Å². The molecule has 0 spiro atoms. The van der Waals surface area contributed by atoms with Gasteiger partial charge in [-0.2, -0.15) is 0 Å². The van der Waals surface area contributed by atoms with Crippen molar-refractivity contribution in [1.82, 2.24) is 16.2 Å². The van der Waals surface area contributed by atoms with Crippen LogP contribution >= 0.6 is 11.6 Å². The molecule has 24 heavy (non-hydrogen) atoms. The van der Waals surface area contributed by atoms with Gasteiger partial charge in [-0.05, 0) is 24.3 Å². The molecule has 2 aliphatic heterocycles. The Balaban J connectivity index is 1.67. The molecule has 1 amide bonds. The number of para-hydroxylation sites is 2. The van der Waals surface area contributed by atoms with Crippen LogP contribution in [0.4, 0.5) is 11.4 Å². The van der Waals surface area contributed by atoms with Crippen LogP contribution in [0.15, 0.2) is 59.8 Å². The lowest BCUT2D eigenvalue weighted by atomic mass is 10.3. The Hall–Kier alpha value is -3.26. The van der Waals surface area contributed by atoms with Gasteiger partial charge in [0.25, 0.3) is 5.91 Å². The summed E-state index contributed by atoms with van der Waals surface area (Å²) in [6.07, 6.45) is 4.01. The Labute approximate surface area is 142 Å². The van der Waals surface area contributed by atoms with E-state index in [4.69, 9.17) is 22.4 Å². The summed E-state index contributed by atoms with van der Waals surface area (Å²) in [5.41, 5.74) is 8.07. The second-order valence-corrected chi connectivity index (χ2v) is 5.35. The molecule has 3 rings (SSSR count). The minimum atomic E-state index is -0.619. The topological polar surface area (TPSA) is 125 Å². The Morgan fingerprint density at radius 1 is 1.08 bits per heavy atom. The molecule has 0 saturated carbocycles. The number of carbonyl (C=O) groups excluding carboxylic acids is 1. The van der Waals surface area contributed by atoms with Crippen LogP contribution in [0.3, 0.4) is 0 Å². The summed E-state index contributed by atoms with van der Waals surface area (Å²) < 4.78 is 0. The van der Waals surface area contributed by atoms with Crippen LogP contribution in [0.25, 0.3) is 0 Å². The molecule has 122 valence electrons. The molecule has 8 nitrogen and oxygen atoms in total. The molecule has 2 aliphatic rings. The van der Waals surface area contributed by atoms with Crippen molar-refractivity contribution in [3.63, 3.8) is 0 Å². The molecular formula is C15H14ClN7O. The van der Waals surface area contributed by atoms with Gasteiger partial charge in [0.2, 0.25) is 0 Å². The van der Waals surface area contributed by atoms with Gasteiger partial charge in [0.1, 0.15) is 22.5 Å². The number of allylic oxidation sites excluding steroid dienone is 2. The van der Waals surface area contributed by atoms with Gasteiger partial charge >= 0.3 is 0 Å². The van der Waals surface area contributed by atoms with Crippen LogP contribution in [-0.2, 0) is 4.79 Å². The largest absolute Gasteiger partial charge is 0.338 e. The maximum absolute atomic E-state index is 11.9. The predicted octanol–water partition coefficient (Wildman–Crippen LogP) is 1.55. The third-order valence-corrected chi connectivity index (χ3v) is 3.35. The number of fused-ring (bicyclic) bond motifs is 1. The highest BCUT2D eigenvalue weighted by molar-refractivity contribution is 6.67. The van der Waals surface area contributed by atoms with Gasteiger partial charge in [0.15, 0.2) is 0 Å². The second kappa shape index (κ2) is 6.47. The van der Waals surface area contributed by atoms with Gasteiger partial charge in [-0.3, -0.25) is 26.5 Å². The van der Waals surface area contributed by atoms with Crippen molar-refractivity contribution >= 4 is 39.8 Å². The Bertz CT molecular complexity index is 798. The zero-order valence-electron chi connectivity index (χ0n) is 12.3. The molecule has 0 radical (unpaired) electrons. The summed E-state index contributed by atoms with van der Waals surface area (Å²) >= 11 is 5.34. The maximum Gasteiger partial charge on any atom is 0.274 e. The fraction of sp³-hybridized carbons (Fsp3) is 0. The highest BCUT2D eigenvalue weighted by Crippen LogP contribution is 2.31. The van der Waals surface area contributed by atoms with E-state index in [1.165, 1.54) is 0 Å². The highest BCUT2D eigenvalue weighted by atomic mass is 35.5. The summed E-state index contributed by atoms with van der Waals surface area (Å²) in [4.78, 5) is 11.9.